The van der Waals surface area contributed by atoms with Crippen molar-refractivity contribution in [3.63, 3.8) is 0 Å². The zero-order chi connectivity index (χ0) is 27.8. The maximum atomic E-state index is 14.7. The molecule has 13 heteroatoms. The van der Waals surface area contributed by atoms with E-state index in [4.69, 9.17) is 14.6 Å². The first-order valence-corrected chi connectivity index (χ1v) is 12.5. The third kappa shape index (κ3) is 5.37. The number of sulfonamides is 1. The number of methoxy groups -OCH3 is 1. The van der Waals surface area contributed by atoms with Crippen molar-refractivity contribution in [2.45, 2.75) is 30.0 Å². The van der Waals surface area contributed by atoms with Gasteiger partial charge in [0.15, 0.2) is 11.6 Å². The summed E-state index contributed by atoms with van der Waals surface area (Å²) < 4.78 is 107. The fourth-order valence-electron chi connectivity index (χ4n) is 3.99. The summed E-state index contributed by atoms with van der Waals surface area (Å²) in [4.78, 5) is 10.4. The van der Waals surface area contributed by atoms with Crippen LogP contribution in [-0.4, -0.2) is 39.3 Å². The van der Waals surface area contributed by atoms with Gasteiger partial charge in [0.05, 0.1) is 29.8 Å². The number of halogens is 5. The molecule has 7 nitrogen and oxygen atoms in total. The van der Waals surface area contributed by atoms with Crippen molar-refractivity contribution in [1.82, 2.24) is 0 Å². The van der Waals surface area contributed by atoms with Crippen molar-refractivity contribution < 1.29 is 49.7 Å². The van der Waals surface area contributed by atoms with Gasteiger partial charge in [0.1, 0.15) is 17.6 Å². The minimum atomic E-state index is -4.81. The highest BCUT2D eigenvalue weighted by Gasteiger charge is 2.37. The van der Waals surface area contributed by atoms with Crippen molar-refractivity contribution in [2.24, 2.45) is 0 Å². The van der Waals surface area contributed by atoms with E-state index < -0.39 is 56.9 Å². The van der Waals surface area contributed by atoms with Crippen molar-refractivity contribution in [3.05, 3.63) is 71.8 Å². The molecule has 4 rings (SSSR count). The second kappa shape index (κ2) is 10.1. The Morgan fingerprint density at radius 3 is 2.53 bits per heavy atom. The molecule has 0 aliphatic carbocycles. The summed E-state index contributed by atoms with van der Waals surface area (Å²) in [6.07, 6.45) is -6.21. The minimum absolute atomic E-state index is 0.00458. The molecule has 0 saturated carbocycles. The Labute approximate surface area is 214 Å². The number of anilines is 1. The normalized spacial score (nSPS) is 15.5. The van der Waals surface area contributed by atoms with Gasteiger partial charge in [-0.3, -0.25) is 9.10 Å². The summed E-state index contributed by atoms with van der Waals surface area (Å²) in [6, 6.07) is 9.01. The van der Waals surface area contributed by atoms with Gasteiger partial charge in [-0.2, -0.15) is 13.2 Å². The third-order valence-corrected chi connectivity index (χ3v) is 7.64. The highest BCUT2D eigenvalue weighted by atomic mass is 32.2. The fraction of sp³-hybridized carbons (Fsp3) is 0.240. The molecule has 0 spiro atoms. The van der Waals surface area contributed by atoms with Crippen molar-refractivity contribution >= 4 is 21.7 Å². The highest BCUT2D eigenvalue weighted by molar-refractivity contribution is 7.92. The number of ether oxygens (including phenoxy) is 2. The molecule has 1 N–H and O–H groups in total. The Bertz CT molecular complexity index is 1490. The van der Waals surface area contributed by atoms with Crippen LogP contribution in [0.5, 0.6) is 11.5 Å². The average molecular weight is 557 g/mol. The largest absolute Gasteiger partial charge is 0.497 e. The third-order valence-electron chi connectivity index (χ3n) is 5.87. The molecule has 0 bridgehead atoms. The number of fused-ring (bicyclic) bond motifs is 1. The van der Waals surface area contributed by atoms with Crippen molar-refractivity contribution in [3.8, 4) is 22.6 Å². The highest BCUT2D eigenvalue weighted by Crippen LogP contribution is 2.42. The average Bonchev–Trinajstić information content (AvgIpc) is 2.87. The molecule has 1 aliphatic heterocycles. The van der Waals surface area contributed by atoms with Gasteiger partial charge in [-0.15, -0.1) is 0 Å². The van der Waals surface area contributed by atoms with Crippen LogP contribution in [0, 0.1) is 11.6 Å². The summed E-state index contributed by atoms with van der Waals surface area (Å²) in [6.45, 7) is -0.433. The summed E-state index contributed by atoms with van der Waals surface area (Å²) in [5.74, 6) is -3.63. The van der Waals surface area contributed by atoms with Crippen LogP contribution in [0.1, 0.15) is 18.4 Å². The fourth-order valence-corrected chi connectivity index (χ4v) is 5.54. The molecule has 0 fully saturated rings. The summed E-state index contributed by atoms with van der Waals surface area (Å²) >= 11 is 0. The maximum Gasteiger partial charge on any atom is 0.416 e. The molecular weight excluding hydrogens is 537 g/mol. The number of carboxylic acid groups (broad SMARTS) is 1. The molecule has 3 aromatic rings. The van der Waals surface area contributed by atoms with Gasteiger partial charge in [0.25, 0.3) is 10.0 Å². The van der Waals surface area contributed by atoms with Crippen LogP contribution in [0.25, 0.3) is 11.1 Å². The molecule has 38 heavy (non-hydrogen) atoms. The monoisotopic (exact) mass is 557 g/mol. The van der Waals surface area contributed by atoms with Crippen molar-refractivity contribution in [2.75, 3.05) is 18.0 Å². The first-order valence-electron chi connectivity index (χ1n) is 11.1. The van der Waals surface area contributed by atoms with Crippen LogP contribution in [0.2, 0.25) is 0 Å². The van der Waals surface area contributed by atoms with Crippen LogP contribution in [-0.2, 0) is 21.0 Å². The number of aliphatic carboxylic acids is 1. The summed E-state index contributed by atoms with van der Waals surface area (Å²) in [5.41, 5.74) is -1.55. The van der Waals surface area contributed by atoms with E-state index in [2.05, 4.69) is 0 Å². The Hall–Kier alpha value is -3.87. The quantitative estimate of drug-likeness (QED) is 0.387. The molecular formula is C25H20F5NO6S. The smallest absolute Gasteiger partial charge is 0.416 e. The summed E-state index contributed by atoms with van der Waals surface area (Å²) in [5, 5.41) is 9.03. The van der Waals surface area contributed by atoms with E-state index in [1.54, 1.807) is 0 Å². The van der Waals surface area contributed by atoms with Crippen LogP contribution in [0.4, 0.5) is 27.6 Å². The zero-order valence-electron chi connectivity index (χ0n) is 19.6. The van der Waals surface area contributed by atoms with Crippen LogP contribution in [0.3, 0.4) is 0 Å². The Morgan fingerprint density at radius 2 is 1.87 bits per heavy atom. The summed E-state index contributed by atoms with van der Waals surface area (Å²) in [7, 11) is -3.40. The maximum absolute atomic E-state index is 14.7. The molecule has 3 aromatic carbocycles. The lowest BCUT2D eigenvalue weighted by molar-refractivity contribution is -0.138. The van der Waals surface area contributed by atoms with E-state index in [1.807, 2.05) is 0 Å². The van der Waals surface area contributed by atoms with Gasteiger partial charge in [-0.25, -0.2) is 17.2 Å². The van der Waals surface area contributed by atoms with Crippen LogP contribution in [0.15, 0.2) is 59.5 Å². The number of hydrogen-bond acceptors (Lipinski definition) is 5. The lowest BCUT2D eigenvalue weighted by Gasteiger charge is -2.36. The van der Waals surface area contributed by atoms with E-state index >= 15 is 0 Å². The van der Waals surface area contributed by atoms with Gasteiger partial charge in [0, 0.05) is 18.1 Å². The number of rotatable bonds is 7. The van der Waals surface area contributed by atoms with Crippen molar-refractivity contribution in [1.29, 1.82) is 0 Å². The molecule has 1 aliphatic rings. The van der Waals surface area contributed by atoms with Gasteiger partial charge < -0.3 is 14.6 Å². The standard InChI is InChI=1S/C25H20F5NO6S/c1-36-17-11-19(24(27)20(26)12-17)14-5-7-22-21(9-14)31(13-16(37-22)6-8-23(32)33)38(34,35)18-4-2-3-15(10-18)25(28,29)30/h2-5,7,9-12,16H,6,8,13H2,1H3,(H,32,33)/t16-/m0/s1. The van der Waals surface area contributed by atoms with Gasteiger partial charge in [-0.05, 0) is 48.4 Å². The topological polar surface area (TPSA) is 93.1 Å². The minimum Gasteiger partial charge on any atom is -0.497 e. The van der Waals surface area contributed by atoms with E-state index in [-0.39, 0.29) is 41.2 Å². The first kappa shape index (κ1) is 27.2. The van der Waals surface area contributed by atoms with E-state index in [0.717, 1.165) is 28.6 Å². The zero-order valence-corrected chi connectivity index (χ0v) is 20.4. The molecule has 0 saturated heterocycles. The van der Waals surface area contributed by atoms with E-state index in [1.165, 1.54) is 31.4 Å². The number of alkyl halides is 3. The lowest BCUT2D eigenvalue weighted by atomic mass is 10.0. The SMILES string of the molecule is COc1cc(F)c(F)c(-c2ccc3c(c2)N(S(=O)(=O)c2cccc(C(F)(F)F)c2)C[C@H](CCC(=O)O)O3)c1. The number of nitrogens with zero attached hydrogens (tertiary/aromatic N) is 1. The second-order valence-corrected chi connectivity index (χ2v) is 10.2. The molecule has 0 amide bonds. The second-order valence-electron chi connectivity index (χ2n) is 8.39. The lowest BCUT2D eigenvalue weighted by Crippen LogP contribution is -2.43. The molecule has 1 heterocycles. The van der Waals surface area contributed by atoms with Gasteiger partial charge in [0.2, 0.25) is 0 Å². The number of carboxylic acids is 1. The Balaban J connectivity index is 1.85. The predicted octanol–water partition coefficient (Wildman–Crippen LogP) is 5.48. The first-order chi connectivity index (χ1) is 17.8. The number of carbonyl (C=O) groups is 1. The molecule has 0 radical (unpaired) electrons. The van der Waals surface area contributed by atoms with Gasteiger partial charge >= 0.3 is 12.1 Å². The van der Waals surface area contributed by atoms with Gasteiger partial charge in [-0.1, -0.05) is 12.1 Å². The number of hydrogen-bond donors (Lipinski definition) is 1. The van der Waals surface area contributed by atoms with E-state index in [9.17, 15) is 35.2 Å². The molecule has 1 atom stereocenters. The Kier molecular flexibility index (Phi) is 7.24. The van der Waals surface area contributed by atoms with Crippen LogP contribution < -0.4 is 13.8 Å². The number of benzene rings is 3. The molecule has 0 unspecified atom stereocenters. The molecule has 202 valence electrons. The van der Waals surface area contributed by atoms with Crippen LogP contribution >= 0.6 is 0 Å². The predicted molar refractivity (Wildman–Crippen MR) is 126 cm³/mol. The molecule has 0 aromatic heterocycles. The Morgan fingerprint density at radius 1 is 1.13 bits per heavy atom. The van der Waals surface area contributed by atoms with E-state index in [0.29, 0.717) is 6.07 Å².